The maximum absolute atomic E-state index is 12.8. The van der Waals surface area contributed by atoms with Crippen LogP contribution in [0.25, 0.3) is 0 Å². The molecule has 1 aromatic rings. The van der Waals surface area contributed by atoms with Crippen LogP contribution in [0.2, 0.25) is 0 Å². The molecule has 2 heterocycles. The fourth-order valence-electron chi connectivity index (χ4n) is 3.86. The Labute approximate surface area is 153 Å². The Morgan fingerprint density at radius 2 is 2.08 bits per heavy atom. The molecule has 1 unspecified atom stereocenters. The van der Waals surface area contributed by atoms with E-state index in [1.807, 2.05) is 18.2 Å². The number of carbonyl (C=O) groups is 3. The van der Waals surface area contributed by atoms with Crippen LogP contribution in [0.4, 0.5) is 0 Å². The van der Waals surface area contributed by atoms with E-state index in [9.17, 15) is 14.4 Å². The highest BCUT2D eigenvalue weighted by atomic mass is 16.5. The van der Waals surface area contributed by atoms with Gasteiger partial charge >= 0.3 is 5.97 Å². The highest BCUT2D eigenvalue weighted by Gasteiger charge is 2.44. The van der Waals surface area contributed by atoms with E-state index in [-0.39, 0.29) is 24.2 Å². The summed E-state index contributed by atoms with van der Waals surface area (Å²) in [5, 5.41) is 2.92. The molecular formula is C19H25N3O4. The van der Waals surface area contributed by atoms with Crippen molar-refractivity contribution in [3.05, 3.63) is 30.1 Å². The number of aromatic nitrogens is 1. The van der Waals surface area contributed by atoms with Crippen molar-refractivity contribution in [3.8, 4) is 0 Å². The minimum Gasteiger partial charge on any atom is -0.467 e. The zero-order chi connectivity index (χ0) is 18.6. The largest absolute Gasteiger partial charge is 0.467 e. The van der Waals surface area contributed by atoms with Gasteiger partial charge in [0.1, 0.15) is 5.54 Å². The Morgan fingerprint density at radius 3 is 2.73 bits per heavy atom. The van der Waals surface area contributed by atoms with Crippen molar-refractivity contribution in [2.45, 2.75) is 50.6 Å². The van der Waals surface area contributed by atoms with Crippen LogP contribution in [-0.4, -0.2) is 46.9 Å². The maximum atomic E-state index is 12.8. The molecule has 2 amide bonds. The average Bonchev–Trinajstić information content (AvgIpc) is 3.03. The normalized spacial score (nSPS) is 22.1. The molecule has 1 N–H and O–H groups in total. The van der Waals surface area contributed by atoms with Gasteiger partial charge in [-0.2, -0.15) is 0 Å². The van der Waals surface area contributed by atoms with Crippen molar-refractivity contribution < 1.29 is 19.1 Å². The highest BCUT2D eigenvalue weighted by Crippen LogP contribution is 2.30. The number of amides is 2. The lowest BCUT2D eigenvalue weighted by atomic mass is 9.81. The lowest BCUT2D eigenvalue weighted by Gasteiger charge is -2.35. The first-order valence-corrected chi connectivity index (χ1v) is 9.12. The highest BCUT2D eigenvalue weighted by molar-refractivity contribution is 5.93. The Balaban J connectivity index is 1.64. The fourth-order valence-corrected chi connectivity index (χ4v) is 3.86. The summed E-state index contributed by atoms with van der Waals surface area (Å²) in [6.07, 6.45) is 5.83. The molecule has 0 aromatic carbocycles. The summed E-state index contributed by atoms with van der Waals surface area (Å²) in [5.74, 6) is -1.14. The van der Waals surface area contributed by atoms with Gasteiger partial charge in [0.15, 0.2) is 0 Å². The van der Waals surface area contributed by atoms with Gasteiger partial charge < -0.3 is 15.0 Å². The summed E-state index contributed by atoms with van der Waals surface area (Å²) in [6.45, 7) is 0.740. The van der Waals surface area contributed by atoms with E-state index in [2.05, 4.69) is 10.3 Å². The third kappa shape index (κ3) is 3.86. The summed E-state index contributed by atoms with van der Waals surface area (Å²) in [6, 6.07) is 5.55. The lowest BCUT2D eigenvalue weighted by Crippen LogP contribution is -2.57. The molecule has 1 aliphatic heterocycles. The van der Waals surface area contributed by atoms with E-state index in [0.717, 1.165) is 25.0 Å². The van der Waals surface area contributed by atoms with Crippen LogP contribution < -0.4 is 5.32 Å². The Kier molecular flexibility index (Phi) is 5.54. The van der Waals surface area contributed by atoms with Crippen molar-refractivity contribution in [1.29, 1.82) is 0 Å². The number of ether oxygens (including phenoxy) is 1. The third-order valence-corrected chi connectivity index (χ3v) is 5.31. The van der Waals surface area contributed by atoms with Crippen LogP contribution in [0.15, 0.2) is 24.4 Å². The number of nitrogens with zero attached hydrogens (tertiary/aromatic N) is 2. The minimum absolute atomic E-state index is 0.0634. The van der Waals surface area contributed by atoms with E-state index in [1.54, 1.807) is 11.1 Å². The van der Waals surface area contributed by atoms with Crippen LogP contribution in [-0.2, 0) is 25.7 Å². The molecule has 1 aliphatic carbocycles. The van der Waals surface area contributed by atoms with E-state index < -0.39 is 11.5 Å². The van der Waals surface area contributed by atoms with Crippen molar-refractivity contribution in [3.63, 3.8) is 0 Å². The molecule has 0 radical (unpaired) electrons. The molecule has 7 nitrogen and oxygen atoms in total. The maximum Gasteiger partial charge on any atom is 0.331 e. The number of hydrogen-bond acceptors (Lipinski definition) is 5. The van der Waals surface area contributed by atoms with Gasteiger partial charge in [0.25, 0.3) is 0 Å². The van der Waals surface area contributed by atoms with E-state index >= 15 is 0 Å². The van der Waals surface area contributed by atoms with E-state index in [0.29, 0.717) is 25.9 Å². The lowest BCUT2D eigenvalue weighted by molar-refractivity contribution is -0.153. The molecule has 2 fully saturated rings. The minimum atomic E-state index is -0.943. The molecular weight excluding hydrogens is 334 g/mol. The van der Waals surface area contributed by atoms with Crippen LogP contribution >= 0.6 is 0 Å². The predicted molar refractivity (Wildman–Crippen MR) is 93.7 cm³/mol. The van der Waals surface area contributed by atoms with E-state index in [1.165, 1.54) is 7.11 Å². The summed E-state index contributed by atoms with van der Waals surface area (Å²) in [4.78, 5) is 43.2. The number of nitrogens with one attached hydrogen (secondary N) is 1. The van der Waals surface area contributed by atoms with Gasteiger partial charge in [-0.05, 0) is 25.0 Å². The molecule has 0 bridgehead atoms. The summed E-state index contributed by atoms with van der Waals surface area (Å²) < 4.78 is 4.94. The van der Waals surface area contributed by atoms with Crippen molar-refractivity contribution >= 4 is 17.8 Å². The molecule has 3 rings (SSSR count). The molecule has 1 aromatic heterocycles. The van der Waals surface area contributed by atoms with Crippen molar-refractivity contribution in [2.24, 2.45) is 5.92 Å². The van der Waals surface area contributed by atoms with Gasteiger partial charge in [-0.3, -0.25) is 14.6 Å². The monoisotopic (exact) mass is 359 g/mol. The van der Waals surface area contributed by atoms with Gasteiger partial charge in [-0.25, -0.2) is 4.79 Å². The second kappa shape index (κ2) is 7.85. The first-order valence-electron chi connectivity index (χ1n) is 9.12. The van der Waals surface area contributed by atoms with Crippen LogP contribution in [0, 0.1) is 5.92 Å². The first-order chi connectivity index (χ1) is 12.5. The number of rotatable bonds is 5. The molecule has 140 valence electrons. The average molecular weight is 359 g/mol. The number of methoxy groups -OCH3 is 1. The smallest absolute Gasteiger partial charge is 0.331 e. The quantitative estimate of drug-likeness (QED) is 0.803. The molecule has 0 spiro atoms. The second-order valence-electron chi connectivity index (χ2n) is 7.12. The third-order valence-electron chi connectivity index (χ3n) is 5.31. The second-order valence-corrected chi connectivity index (χ2v) is 7.12. The molecule has 1 saturated heterocycles. The molecule has 26 heavy (non-hydrogen) atoms. The number of carbonyl (C=O) groups excluding carboxylic acids is 3. The Bertz CT molecular complexity index is 671. The van der Waals surface area contributed by atoms with Gasteiger partial charge in [0.05, 0.1) is 25.3 Å². The molecule has 7 heteroatoms. The summed E-state index contributed by atoms with van der Waals surface area (Å²) in [7, 11) is 1.35. The van der Waals surface area contributed by atoms with Gasteiger partial charge in [-0.1, -0.05) is 25.3 Å². The summed E-state index contributed by atoms with van der Waals surface area (Å²) in [5.41, 5.74) is -0.151. The zero-order valence-corrected chi connectivity index (χ0v) is 15.1. The molecule has 1 atom stereocenters. The first kappa shape index (κ1) is 18.4. The van der Waals surface area contributed by atoms with Crippen LogP contribution in [0.5, 0.6) is 0 Å². The number of hydrogen-bond donors (Lipinski definition) is 1. The SMILES string of the molecule is COC(=O)C1(NC(=O)C2CC(=O)N(Cc3ccccn3)C2)CCCCC1. The zero-order valence-electron chi connectivity index (χ0n) is 15.1. The van der Waals surface area contributed by atoms with E-state index in [4.69, 9.17) is 4.74 Å². The Hall–Kier alpha value is -2.44. The number of pyridine rings is 1. The molecule has 1 saturated carbocycles. The summed E-state index contributed by atoms with van der Waals surface area (Å²) >= 11 is 0. The van der Waals surface area contributed by atoms with Gasteiger partial charge in [-0.15, -0.1) is 0 Å². The number of likely N-dealkylation sites (tertiary alicyclic amines) is 1. The Morgan fingerprint density at radius 1 is 1.31 bits per heavy atom. The standard InChI is InChI=1S/C19H25N3O4/c1-26-18(25)19(8-4-2-5-9-19)21-17(24)14-11-16(23)22(12-14)13-15-7-3-6-10-20-15/h3,6-7,10,14H,2,4-5,8-9,11-13H2,1H3,(H,21,24). The van der Waals surface area contributed by atoms with Crippen LogP contribution in [0.1, 0.15) is 44.2 Å². The van der Waals surface area contributed by atoms with Gasteiger partial charge in [0.2, 0.25) is 11.8 Å². The topological polar surface area (TPSA) is 88.6 Å². The van der Waals surface area contributed by atoms with Gasteiger partial charge in [0, 0.05) is 19.2 Å². The van der Waals surface area contributed by atoms with Crippen molar-refractivity contribution in [2.75, 3.05) is 13.7 Å². The predicted octanol–water partition coefficient (Wildman–Crippen LogP) is 1.42. The number of esters is 1. The molecule has 2 aliphatic rings. The van der Waals surface area contributed by atoms with Crippen LogP contribution in [0.3, 0.4) is 0 Å². The fraction of sp³-hybridized carbons (Fsp3) is 0.579. The van der Waals surface area contributed by atoms with Crippen molar-refractivity contribution in [1.82, 2.24) is 15.2 Å².